The van der Waals surface area contributed by atoms with Gasteiger partial charge < -0.3 is 5.32 Å². The Kier molecular flexibility index (Phi) is 8.21. The van der Waals surface area contributed by atoms with Gasteiger partial charge >= 0.3 is 0 Å². The van der Waals surface area contributed by atoms with Crippen molar-refractivity contribution in [2.24, 2.45) is 0 Å². The Morgan fingerprint density at radius 3 is 2.44 bits per heavy atom. The summed E-state index contributed by atoms with van der Waals surface area (Å²) in [6, 6.07) is 12.3. The molecule has 0 spiro atoms. The zero-order valence-electron chi connectivity index (χ0n) is 14.5. The summed E-state index contributed by atoms with van der Waals surface area (Å²) in [4.78, 5) is 11.3. The van der Waals surface area contributed by atoms with Gasteiger partial charge in [0.05, 0.1) is 4.90 Å². The molecule has 0 bridgehead atoms. The molecular weight excluding hydrogens is 394 g/mol. The topological polar surface area (TPSA) is 75.3 Å². The maximum absolute atomic E-state index is 13.1. The van der Waals surface area contributed by atoms with E-state index in [1.54, 1.807) is 11.8 Å². The number of sulfonamides is 1. The average Bonchev–Trinajstić information content (AvgIpc) is 2.64. The van der Waals surface area contributed by atoms with Gasteiger partial charge in [0.25, 0.3) is 0 Å². The number of hydrogen-bond donors (Lipinski definition) is 2. The monoisotopic (exact) mass is 414 g/mol. The zero-order valence-corrected chi connectivity index (χ0v) is 16.1. The lowest BCUT2D eigenvalue weighted by atomic mass is 10.2. The Bertz CT molecular complexity index is 862. The fourth-order valence-electron chi connectivity index (χ4n) is 2.14. The average molecular weight is 414 g/mol. The molecule has 1 amide bonds. The summed E-state index contributed by atoms with van der Waals surface area (Å²) < 4.78 is 52.2. The molecule has 0 aliphatic rings. The molecule has 2 aromatic rings. The molecule has 0 atom stereocenters. The first-order valence-corrected chi connectivity index (χ1v) is 10.9. The summed E-state index contributed by atoms with van der Waals surface area (Å²) in [5.74, 6) is -1.07. The Morgan fingerprint density at radius 2 is 1.74 bits per heavy atom. The van der Waals surface area contributed by atoms with Crippen molar-refractivity contribution in [2.45, 2.75) is 17.1 Å². The van der Waals surface area contributed by atoms with E-state index in [9.17, 15) is 22.0 Å². The summed E-state index contributed by atoms with van der Waals surface area (Å²) >= 11 is 1.68. The minimum Gasteiger partial charge on any atom is -0.355 e. The molecule has 0 aliphatic carbocycles. The van der Waals surface area contributed by atoms with Crippen molar-refractivity contribution in [2.75, 3.05) is 18.8 Å². The predicted molar refractivity (Wildman–Crippen MR) is 102 cm³/mol. The lowest BCUT2D eigenvalue weighted by molar-refractivity contribution is -0.120. The van der Waals surface area contributed by atoms with Gasteiger partial charge in [0, 0.05) is 31.0 Å². The largest absolute Gasteiger partial charge is 0.355 e. The molecule has 27 heavy (non-hydrogen) atoms. The fourth-order valence-corrected chi connectivity index (χ4v) is 4.00. The van der Waals surface area contributed by atoms with Gasteiger partial charge in [0.15, 0.2) is 11.6 Å². The van der Waals surface area contributed by atoms with E-state index in [2.05, 4.69) is 10.0 Å². The van der Waals surface area contributed by atoms with Crippen LogP contribution < -0.4 is 10.0 Å². The van der Waals surface area contributed by atoms with Crippen LogP contribution in [0.4, 0.5) is 8.78 Å². The second-order valence-electron chi connectivity index (χ2n) is 5.61. The number of rotatable bonds is 10. The van der Waals surface area contributed by atoms with Gasteiger partial charge in [-0.25, -0.2) is 21.9 Å². The van der Waals surface area contributed by atoms with Crippen LogP contribution in [0.3, 0.4) is 0 Å². The van der Waals surface area contributed by atoms with Crippen LogP contribution in [0, 0.1) is 11.6 Å². The number of hydrogen-bond acceptors (Lipinski definition) is 4. The number of benzene rings is 2. The lowest BCUT2D eigenvalue weighted by Crippen LogP contribution is -2.31. The second kappa shape index (κ2) is 10.4. The molecule has 2 aromatic carbocycles. The third-order valence-electron chi connectivity index (χ3n) is 3.53. The van der Waals surface area contributed by atoms with Crippen LogP contribution in [-0.4, -0.2) is 33.2 Å². The third-order valence-corrected chi connectivity index (χ3v) is 6.01. The first-order chi connectivity index (χ1) is 12.9. The van der Waals surface area contributed by atoms with Crippen LogP contribution in [0.1, 0.15) is 12.0 Å². The van der Waals surface area contributed by atoms with Crippen LogP contribution in [-0.2, 0) is 20.6 Å². The van der Waals surface area contributed by atoms with Crippen molar-refractivity contribution >= 4 is 27.7 Å². The molecule has 0 heterocycles. The van der Waals surface area contributed by atoms with E-state index in [1.807, 2.05) is 30.3 Å². The van der Waals surface area contributed by atoms with E-state index in [1.165, 1.54) is 5.56 Å². The summed E-state index contributed by atoms with van der Waals surface area (Å²) in [5, 5.41) is 2.71. The van der Waals surface area contributed by atoms with Crippen molar-refractivity contribution < 1.29 is 22.0 Å². The van der Waals surface area contributed by atoms with Crippen LogP contribution >= 0.6 is 11.8 Å². The number of carbonyl (C=O) groups is 1. The lowest BCUT2D eigenvalue weighted by Gasteiger charge is -2.08. The Hall–Kier alpha value is -1.97. The highest BCUT2D eigenvalue weighted by Gasteiger charge is 2.16. The Labute approximate surface area is 161 Å². The number of thioether (sulfide) groups is 1. The zero-order chi connectivity index (χ0) is 19.7. The van der Waals surface area contributed by atoms with E-state index < -0.39 is 21.7 Å². The molecule has 2 N–H and O–H groups in total. The van der Waals surface area contributed by atoms with Crippen molar-refractivity contribution in [1.29, 1.82) is 0 Å². The highest BCUT2D eigenvalue weighted by atomic mass is 32.2. The Balaban J connectivity index is 1.64. The third kappa shape index (κ3) is 7.28. The van der Waals surface area contributed by atoms with Crippen LogP contribution in [0.15, 0.2) is 53.4 Å². The van der Waals surface area contributed by atoms with E-state index in [0.29, 0.717) is 12.6 Å². The van der Waals surface area contributed by atoms with Gasteiger partial charge in [-0.05, 0) is 23.8 Å². The number of carbonyl (C=O) groups excluding carboxylic acids is 1. The van der Waals surface area contributed by atoms with Crippen LogP contribution in [0.5, 0.6) is 0 Å². The van der Waals surface area contributed by atoms with Gasteiger partial charge in [-0.3, -0.25) is 4.79 Å². The predicted octanol–water partition coefficient (Wildman–Crippen LogP) is 2.68. The van der Waals surface area contributed by atoms with Gasteiger partial charge in [0.2, 0.25) is 15.9 Å². The van der Waals surface area contributed by atoms with Crippen molar-refractivity contribution in [3.8, 4) is 0 Å². The number of amides is 1. The van der Waals surface area contributed by atoms with Crippen LogP contribution in [0.25, 0.3) is 0 Å². The van der Waals surface area contributed by atoms with E-state index in [-0.39, 0.29) is 23.8 Å². The minimum absolute atomic E-state index is 0.0493. The summed E-state index contributed by atoms with van der Waals surface area (Å²) in [5.41, 5.74) is 1.21. The molecule has 2 rings (SSSR count). The highest BCUT2D eigenvalue weighted by Crippen LogP contribution is 2.13. The van der Waals surface area contributed by atoms with Crippen LogP contribution in [0.2, 0.25) is 0 Å². The van der Waals surface area contributed by atoms with Gasteiger partial charge in [-0.2, -0.15) is 11.8 Å². The van der Waals surface area contributed by atoms with E-state index in [4.69, 9.17) is 0 Å². The molecule has 0 saturated carbocycles. The van der Waals surface area contributed by atoms with Crippen molar-refractivity contribution in [1.82, 2.24) is 10.0 Å². The summed E-state index contributed by atoms with van der Waals surface area (Å²) in [7, 11) is -4.00. The first kappa shape index (κ1) is 21.3. The number of halogens is 2. The fraction of sp³-hybridized carbons (Fsp3) is 0.278. The Morgan fingerprint density at radius 1 is 1.00 bits per heavy atom. The van der Waals surface area contributed by atoms with E-state index in [0.717, 1.165) is 23.6 Å². The SMILES string of the molecule is O=C(CCNS(=O)(=O)c1ccc(F)c(F)c1)NCCSCc1ccccc1. The summed E-state index contributed by atoms with van der Waals surface area (Å²) in [6.07, 6.45) is -0.0493. The first-order valence-electron chi connectivity index (χ1n) is 8.21. The van der Waals surface area contributed by atoms with E-state index >= 15 is 0 Å². The quantitative estimate of drug-likeness (QED) is 0.586. The summed E-state index contributed by atoms with van der Waals surface area (Å²) in [6.45, 7) is 0.344. The molecule has 0 saturated heterocycles. The highest BCUT2D eigenvalue weighted by molar-refractivity contribution is 7.98. The van der Waals surface area contributed by atoms with Crippen molar-refractivity contribution in [3.63, 3.8) is 0 Å². The second-order valence-corrected chi connectivity index (χ2v) is 8.48. The molecule has 9 heteroatoms. The van der Waals surface area contributed by atoms with Gasteiger partial charge in [0.1, 0.15) is 0 Å². The minimum atomic E-state index is -4.00. The molecule has 0 radical (unpaired) electrons. The molecule has 0 aliphatic heterocycles. The van der Waals surface area contributed by atoms with Gasteiger partial charge in [-0.15, -0.1) is 0 Å². The standard InChI is InChI=1S/C18H20F2N2O3S2/c19-16-7-6-15(12-17(16)20)27(24,25)22-9-8-18(23)21-10-11-26-13-14-4-2-1-3-5-14/h1-7,12,22H,8-11,13H2,(H,21,23). The molecule has 0 aromatic heterocycles. The molecule has 0 unspecified atom stereocenters. The number of nitrogens with one attached hydrogen (secondary N) is 2. The molecule has 0 fully saturated rings. The molecular formula is C18H20F2N2O3S2. The normalized spacial score (nSPS) is 11.3. The van der Waals surface area contributed by atoms with Crippen molar-refractivity contribution in [3.05, 3.63) is 65.7 Å². The van der Waals surface area contributed by atoms with Gasteiger partial charge in [-0.1, -0.05) is 30.3 Å². The molecule has 5 nitrogen and oxygen atoms in total. The smallest absolute Gasteiger partial charge is 0.240 e. The maximum Gasteiger partial charge on any atom is 0.240 e. The molecule has 146 valence electrons. The maximum atomic E-state index is 13.1.